The largest absolute Gasteiger partial charge is 0.436 e. The maximum atomic E-state index is 12.8. The molecule has 0 aliphatic heterocycles. The molecule has 2 rings (SSSR count). The summed E-state index contributed by atoms with van der Waals surface area (Å²) < 4.78 is 18.1. The van der Waals surface area contributed by atoms with E-state index in [1.807, 2.05) is 0 Å². The molecule has 1 aromatic heterocycles. The monoisotopic (exact) mass is 273 g/mol. The molecule has 4 nitrogen and oxygen atoms in total. The first kappa shape index (κ1) is 11.9. The predicted octanol–water partition coefficient (Wildman–Crippen LogP) is 3.30. The number of anilines is 1. The van der Waals surface area contributed by atoms with Crippen LogP contribution >= 0.6 is 23.2 Å². The van der Waals surface area contributed by atoms with E-state index in [2.05, 4.69) is 9.97 Å². The van der Waals surface area contributed by atoms with Crippen molar-refractivity contribution < 1.29 is 9.13 Å². The minimum atomic E-state index is -0.462. The summed E-state index contributed by atoms with van der Waals surface area (Å²) in [6.07, 6.45) is 1.30. The SMILES string of the molecule is Nc1ncc(Cl)c(Oc2ccc(F)cc2Cl)n1. The number of halogens is 3. The standard InChI is InChI=1S/C10H6Cl2FN3O/c11-6-3-5(13)1-2-8(6)17-9-7(12)4-15-10(14)16-9/h1-4H,(H2,14,15,16). The second-order valence-corrected chi connectivity index (χ2v) is 3.87. The summed E-state index contributed by atoms with van der Waals surface area (Å²) >= 11 is 11.6. The summed E-state index contributed by atoms with van der Waals surface area (Å²) in [5, 5.41) is 0.290. The van der Waals surface area contributed by atoms with Gasteiger partial charge in [0.05, 0.1) is 11.2 Å². The highest BCUT2D eigenvalue weighted by Crippen LogP contribution is 2.32. The van der Waals surface area contributed by atoms with Crippen LogP contribution in [0.1, 0.15) is 0 Å². The second kappa shape index (κ2) is 4.73. The lowest BCUT2D eigenvalue weighted by atomic mass is 10.3. The van der Waals surface area contributed by atoms with Crippen molar-refractivity contribution in [1.82, 2.24) is 9.97 Å². The van der Waals surface area contributed by atoms with Crippen LogP contribution in [-0.4, -0.2) is 9.97 Å². The molecule has 0 atom stereocenters. The number of aromatic nitrogens is 2. The quantitative estimate of drug-likeness (QED) is 0.912. The number of ether oxygens (including phenoxy) is 1. The van der Waals surface area contributed by atoms with Gasteiger partial charge in [0.25, 0.3) is 0 Å². The highest BCUT2D eigenvalue weighted by atomic mass is 35.5. The van der Waals surface area contributed by atoms with Gasteiger partial charge in [-0.3, -0.25) is 0 Å². The first-order valence-corrected chi connectivity index (χ1v) is 5.23. The van der Waals surface area contributed by atoms with Gasteiger partial charge in [0, 0.05) is 0 Å². The van der Waals surface area contributed by atoms with Gasteiger partial charge in [-0.1, -0.05) is 23.2 Å². The Hall–Kier alpha value is -1.59. The molecule has 0 saturated heterocycles. The summed E-state index contributed by atoms with van der Waals surface area (Å²) in [5.74, 6) is -0.154. The van der Waals surface area contributed by atoms with Crippen molar-refractivity contribution in [2.75, 3.05) is 5.73 Å². The molecule has 1 aromatic carbocycles. The minimum absolute atomic E-state index is 0.0163. The molecule has 7 heteroatoms. The van der Waals surface area contributed by atoms with Gasteiger partial charge >= 0.3 is 0 Å². The molecule has 0 unspecified atom stereocenters. The van der Waals surface area contributed by atoms with Crippen LogP contribution in [0.15, 0.2) is 24.4 Å². The molecule has 1 heterocycles. The fraction of sp³-hybridized carbons (Fsp3) is 0. The summed E-state index contributed by atoms with van der Waals surface area (Å²) in [4.78, 5) is 7.47. The number of hydrogen-bond donors (Lipinski definition) is 1. The molecule has 0 bridgehead atoms. The van der Waals surface area contributed by atoms with Crippen molar-refractivity contribution in [2.45, 2.75) is 0 Å². The van der Waals surface area contributed by atoms with Crippen molar-refractivity contribution in [3.63, 3.8) is 0 Å². The van der Waals surface area contributed by atoms with Gasteiger partial charge < -0.3 is 10.5 Å². The Labute approximate surface area is 106 Å². The molecule has 2 N–H and O–H groups in total. The minimum Gasteiger partial charge on any atom is -0.436 e. The van der Waals surface area contributed by atoms with Crippen LogP contribution in [0.5, 0.6) is 11.6 Å². The van der Waals surface area contributed by atoms with Gasteiger partial charge in [-0.15, -0.1) is 0 Å². The number of rotatable bonds is 2. The van der Waals surface area contributed by atoms with Crippen molar-refractivity contribution in [2.24, 2.45) is 0 Å². The Morgan fingerprint density at radius 1 is 1.24 bits per heavy atom. The van der Waals surface area contributed by atoms with Gasteiger partial charge in [0.2, 0.25) is 11.8 Å². The van der Waals surface area contributed by atoms with Crippen molar-refractivity contribution in [1.29, 1.82) is 0 Å². The Bertz CT molecular complexity index is 565. The molecule has 17 heavy (non-hydrogen) atoms. The van der Waals surface area contributed by atoms with Crippen LogP contribution in [0.25, 0.3) is 0 Å². The topological polar surface area (TPSA) is 61.0 Å². The smallest absolute Gasteiger partial charge is 0.243 e. The van der Waals surface area contributed by atoms with Crippen LogP contribution in [0.2, 0.25) is 10.0 Å². The van der Waals surface area contributed by atoms with Crippen molar-refractivity contribution in [3.8, 4) is 11.6 Å². The molecule has 0 radical (unpaired) electrons. The van der Waals surface area contributed by atoms with Gasteiger partial charge in [-0.05, 0) is 18.2 Å². The first-order chi connectivity index (χ1) is 8.06. The Balaban J connectivity index is 2.34. The van der Waals surface area contributed by atoms with E-state index in [9.17, 15) is 4.39 Å². The highest BCUT2D eigenvalue weighted by Gasteiger charge is 2.09. The lowest BCUT2D eigenvalue weighted by molar-refractivity contribution is 0.461. The average Bonchev–Trinajstić information content (AvgIpc) is 2.27. The van der Waals surface area contributed by atoms with E-state index >= 15 is 0 Å². The number of nitrogens with zero attached hydrogens (tertiary/aromatic N) is 2. The van der Waals surface area contributed by atoms with Crippen LogP contribution in [0.3, 0.4) is 0 Å². The maximum absolute atomic E-state index is 12.8. The molecule has 0 aliphatic rings. The molecule has 0 amide bonds. The third kappa shape index (κ3) is 2.75. The molecule has 0 saturated carbocycles. The molecule has 88 valence electrons. The van der Waals surface area contributed by atoms with Crippen LogP contribution in [-0.2, 0) is 0 Å². The molecular formula is C10H6Cl2FN3O. The van der Waals surface area contributed by atoms with E-state index in [-0.39, 0.29) is 27.6 Å². The zero-order valence-electron chi connectivity index (χ0n) is 8.32. The highest BCUT2D eigenvalue weighted by molar-refractivity contribution is 6.32. The van der Waals surface area contributed by atoms with E-state index in [0.717, 1.165) is 6.07 Å². The second-order valence-electron chi connectivity index (χ2n) is 3.06. The van der Waals surface area contributed by atoms with E-state index in [4.69, 9.17) is 33.7 Å². The molecule has 0 spiro atoms. The zero-order valence-corrected chi connectivity index (χ0v) is 9.84. The van der Waals surface area contributed by atoms with E-state index in [1.54, 1.807) is 0 Å². The van der Waals surface area contributed by atoms with Crippen LogP contribution in [0.4, 0.5) is 10.3 Å². The molecular weight excluding hydrogens is 268 g/mol. The third-order valence-corrected chi connectivity index (χ3v) is 2.39. The fourth-order valence-corrected chi connectivity index (χ4v) is 1.43. The van der Waals surface area contributed by atoms with E-state index < -0.39 is 5.82 Å². The number of nitrogens with two attached hydrogens (primary N) is 1. The van der Waals surface area contributed by atoms with Gasteiger partial charge in [0.1, 0.15) is 16.6 Å². The number of hydrogen-bond acceptors (Lipinski definition) is 4. The fourth-order valence-electron chi connectivity index (χ4n) is 1.10. The molecule has 0 aliphatic carbocycles. The predicted molar refractivity (Wildman–Crippen MR) is 62.9 cm³/mol. The van der Waals surface area contributed by atoms with E-state index in [1.165, 1.54) is 18.3 Å². The van der Waals surface area contributed by atoms with Crippen molar-refractivity contribution >= 4 is 29.2 Å². The lowest BCUT2D eigenvalue weighted by Crippen LogP contribution is -1.97. The summed E-state index contributed by atoms with van der Waals surface area (Å²) in [6.45, 7) is 0. The van der Waals surface area contributed by atoms with Crippen LogP contribution < -0.4 is 10.5 Å². The third-order valence-electron chi connectivity index (χ3n) is 1.83. The molecule has 0 fully saturated rings. The summed E-state index contributed by atoms with van der Waals surface area (Å²) in [7, 11) is 0. The lowest BCUT2D eigenvalue weighted by Gasteiger charge is -2.07. The summed E-state index contributed by atoms with van der Waals surface area (Å²) in [6, 6.07) is 3.70. The average molecular weight is 274 g/mol. The maximum Gasteiger partial charge on any atom is 0.243 e. The normalized spacial score (nSPS) is 10.3. The number of nitrogen functional groups attached to an aromatic ring is 1. The van der Waals surface area contributed by atoms with Gasteiger partial charge in [-0.2, -0.15) is 4.98 Å². The van der Waals surface area contributed by atoms with E-state index in [0.29, 0.717) is 0 Å². The van der Waals surface area contributed by atoms with Crippen molar-refractivity contribution in [3.05, 3.63) is 40.3 Å². The van der Waals surface area contributed by atoms with Gasteiger partial charge in [0.15, 0.2) is 0 Å². The Morgan fingerprint density at radius 2 is 2.00 bits per heavy atom. The van der Waals surface area contributed by atoms with Crippen LogP contribution in [0, 0.1) is 5.82 Å². The Morgan fingerprint density at radius 3 is 2.71 bits per heavy atom. The van der Waals surface area contributed by atoms with Gasteiger partial charge in [-0.25, -0.2) is 9.37 Å². The first-order valence-electron chi connectivity index (χ1n) is 4.47. The summed E-state index contributed by atoms with van der Waals surface area (Å²) in [5.41, 5.74) is 5.39. The Kier molecular flexibility index (Phi) is 3.31. The number of benzene rings is 1. The molecule has 2 aromatic rings. The zero-order chi connectivity index (χ0) is 12.4.